The molecule has 10 heteroatoms. The highest BCUT2D eigenvalue weighted by Crippen LogP contribution is 2.27. The van der Waals surface area contributed by atoms with Crippen molar-refractivity contribution in [3.8, 4) is 0 Å². The first-order chi connectivity index (χ1) is 14.3. The molecule has 30 heavy (non-hydrogen) atoms. The molecule has 0 aliphatic carbocycles. The summed E-state index contributed by atoms with van der Waals surface area (Å²) in [4.78, 5) is 29.4. The van der Waals surface area contributed by atoms with Crippen molar-refractivity contribution in [2.24, 2.45) is 11.8 Å². The number of nitrogens with one attached hydrogen (secondary N) is 1. The van der Waals surface area contributed by atoms with E-state index >= 15 is 0 Å². The Morgan fingerprint density at radius 1 is 1.17 bits per heavy atom. The van der Waals surface area contributed by atoms with Crippen molar-refractivity contribution in [1.29, 1.82) is 0 Å². The lowest BCUT2D eigenvalue weighted by Crippen LogP contribution is -2.42. The lowest BCUT2D eigenvalue weighted by atomic mass is 9.94. The van der Waals surface area contributed by atoms with Crippen molar-refractivity contribution >= 4 is 33.4 Å². The monoisotopic (exact) mass is 448 g/mol. The molecule has 2 aliphatic heterocycles. The first-order valence-electron chi connectivity index (χ1n) is 9.90. The third kappa shape index (κ3) is 4.03. The van der Waals surface area contributed by atoms with E-state index in [1.807, 2.05) is 0 Å². The van der Waals surface area contributed by atoms with Gasteiger partial charge in [-0.15, -0.1) is 0 Å². The first-order valence-corrected chi connectivity index (χ1v) is 12.3. The maximum absolute atomic E-state index is 13.0. The maximum atomic E-state index is 13.0. The molecular weight excluding hydrogens is 424 g/mol. The second kappa shape index (κ2) is 8.16. The van der Waals surface area contributed by atoms with Gasteiger partial charge in [-0.3, -0.25) is 14.2 Å². The van der Waals surface area contributed by atoms with Gasteiger partial charge in [0.1, 0.15) is 5.56 Å². The number of rotatable bonds is 4. The SMILES string of the molecule is C[C@@H]1C[C@H](C)CN(S(=O)(=O)c2ccc(NC(=O)c3cnc4n(c3=O)CCS4)cc2)C1. The van der Waals surface area contributed by atoms with Crippen molar-refractivity contribution in [2.75, 3.05) is 24.2 Å². The second-order valence-electron chi connectivity index (χ2n) is 8.01. The fourth-order valence-electron chi connectivity index (χ4n) is 4.03. The van der Waals surface area contributed by atoms with Crippen LogP contribution in [0.3, 0.4) is 0 Å². The molecule has 1 amide bonds. The molecule has 2 aliphatic rings. The molecule has 1 N–H and O–H groups in total. The second-order valence-corrected chi connectivity index (χ2v) is 11.0. The molecule has 1 aromatic carbocycles. The Morgan fingerprint density at radius 3 is 2.50 bits per heavy atom. The van der Waals surface area contributed by atoms with Gasteiger partial charge >= 0.3 is 0 Å². The Balaban J connectivity index is 1.50. The lowest BCUT2D eigenvalue weighted by Gasteiger charge is -2.34. The topological polar surface area (TPSA) is 101 Å². The highest BCUT2D eigenvalue weighted by molar-refractivity contribution is 7.99. The van der Waals surface area contributed by atoms with Crippen LogP contribution in [0.2, 0.25) is 0 Å². The number of sulfonamides is 1. The summed E-state index contributed by atoms with van der Waals surface area (Å²) in [6.45, 7) is 5.68. The molecule has 0 spiro atoms. The number of thioether (sulfide) groups is 1. The van der Waals surface area contributed by atoms with Gasteiger partial charge in [-0.2, -0.15) is 4.31 Å². The van der Waals surface area contributed by atoms with Crippen LogP contribution < -0.4 is 10.9 Å². The molecule has 2 aromatic rings. The lowest BCUT2D eigenvalue weighted by molar-refractivity contribution is 0.102. The van der Waals surface area contributed by atoms with E-state index in [-0.39, 0.29) is 16.0 Å². The number of carbonyl (C=O) groups excluding carboxylic acids is 1. The van der Waals surface area contributed by atoms with Crippen molar-refractivity contribution < 1.29 is 13.2 Å². The third-order valence-electron chi connectivity index (χ3n) is 5.39. The highest BCUT2D eigenvalue weighted by atomic mass is 32.2. The molecule has 160 valence electrons. The summed E-state index contributed by atoms with van der Waals surface area (Å²) < 4.78 is 29.0. The van der Waals surface area contributed by atoms with Crippen molar-refractivity contribution in [3.63, 3.8) is 0 Å². The number of benzene rings is 1. The third-order valence-corrected chi connectivity index (χ3v) is 8.20. The molecule has 2 atom stereocenters. The van der Waals surface area contributed by atoms with Gasteiger partial charge in [-0.1, -0.05) is 25.6 Å². The zero-order valence-electron chi connectivity index (χ0n) is 16.9. The average Bonchev–Trinajstić information content (AvgIpc) is 3.17. The van der Waals surface area contributed by atoms with Crippen LogP contribution in [0.25, 0.3) is 0 Å². The number of hydrogen-bond acceptors (Lipinski definition) is 6. The minimum Gasteiger partial charge on any atom is -0.322 e. The molecule has 0 unspecified atom stereocenters. The molecule has 4 rings (SSSR count). The number of piperidine rings is 1. The molecule has 8 nitrogen and oxygen atoms in total. The van der Waals surface area contributed by atoms with Crippen LogP contribution >= 0.6 is 11.8 Å². The van der Waals surface area contributed by atoms with Gasteiger partial charge in [0.05, 0.1) is 4.90 Å². The largest absolute Gasteiger partial charge is 0.322 e. The van der Waals surface area contributed by atoms with Crippen LogP contribution in [0.1, 0.15) is 30.6 Å². The Hall–Kier alpha value is -2.17. The van der Waals surface area contributed by atoms with Crippen LogP contribution in [-0.4, -0.2) is 47.0 Å². The summed E-state index contributed by atoms with van der Waals surface area (Å²) in [5.74, 6) is 0.841. The van der Waals surface area contributed by atoms with Gasteiger partial charge in [0, 0.05) is 37.3 Å². The van der Waals surface area contributed by atoms with Crippen LogP contribution in [0, 0.1) is 11.8 Å². The van der Waals surface area contributed by atoms with Gasteiger partial charge in [0.25, 0.3) is 11.5 Å². The van der Waals surface area contributed by atoms with E-state index < -0.39 is 15.9 Å². The Labute approximate surface area is 179 Å². The van der Waals surface area contributed by atoms with Crippen LogP contribution in [0.15, 0.2) is 45.3 Å². The van der Waals surface area contributed by atoms with Crippen LogP contribution in [-0.2, 0) is 16.6 Å². The minimum absolute atomic E-state index is 0.0331. The standard InChI is InChI=1S/C20H24N4O4S2/c1-13-9-14(2)12-23(11-13)30(27,28)16-5-3-15(4-6-16)22-18(25)17-10-21-20-24(19(17)26)7-8-29-20/h3-6,10,13-14H,7-9,11-12H2,1-2H3,(H,22,25)/t13-,14+. The van der Waals surface area contributed by atoms with E-state index in [4.69, 9.17) is 0 Å². The van der Waals surface area contributed by atoms with Gasteiger partial charge in [0.15, 0.2) is 5.16 Å². The van der Waals surface area contributed by atoms with E-state index in [0.717, 1.165) is 12.2 Å². The number of hydrogen-bond donors (Lipinski definition) is 1. The molecule has 0 radical (unpaired) electrons. The minimum atomic E-state index is -3.58. The predicted molar refractivity (Wildman–Crippen MR) is 115 cm³/mol. The van der Waals surface area contributed by atoms with Crippen molar-refractivity contribution in [2.45, 2.75) is 36.9 Å². The van der Waals surface area contributed by atoms with Crippen LogP contribution in [0.4, 0.5) is 5.69 Å². The zero-order chi connectivity index (χ0) is 21.5. The van der Waals surface area contributed by atoms with E-state index in [2.05, 4.69) is 24.1 Å². The normalized spacial score (nSPS) is 21.9. The van der Waals surface area contributed by atoms with E-state index in [1.165, 1.54) is 51.1 Å². The van der Waals surface area contributed by atoms with Gasteiger partial charge in [-0.05, 0) is 42.5 Å². The molecule has 0 bridgehead atoms. The zero-order valence-corrected chi connectivity index (χ0v) is 18.5. The first kappa shape index (κ1) is 21.1. The summed E-state index contributed by atoms with van der Waals surface area (Å²) in [6.07, 6.45) is 2.31. The molecule has 0 saturated carbocycles. The van der Waals surface area contributed by atoms with E-state index in [9.17, 15) is 18.0 Å². The maximum Gasteiger partial charge on any atom is 0.267 e. The summed E-state index contributed by atoms with van der Waals surface area (Å²) in [5, 5.41) is 3.27. The Bertz CT molecular complexity index is 1120. The number of carbonyl (C=O) groups is 1. The Morgan fingerprint density at radius 2 is 1.83 bits per heavy atom. The van der Waals surface area contributed by atoms with E-state index in [1.54, 1.807) is 0 Å². The summed E-state index contributed by atoms with van der Waals surface area (Å²) in [7, 11) is -3.58. The summed E-state index contributed by atoms with van der Waals surface area (Å²) in [6, 6.07) is 6.05. The van der Waals surface area contributed by atoms with Crippen molar-refractivity contribution in [3.05, 3.63) is 46.4 Å². The van der Waals surface area contributed by atoms with Gasteiger partial charge < -0.3 is 5.32 Å². The van der Waals surface area contributed by atoms with Crippen molar-refractivity contribution in [1.82, 2.24) is 13.9 Å². The number of nitrogens with zero attached hydrogens (tertiary/aromatic N) is 3. The predicted octanol–water partition coefficient (Wildman–Crippen LogP) is 2.27. The summed E-state index contributed by atoms with van der Waals surface area (Å²) in [5.41, 5.74) is 0.0166. The number of aromatic nitrogens is 2. The Kier molecular flexibility index (Phi) is 5.73. The fraction of sp³-hybridized carbons (Fsp3) is 0.450. The van der Waals surface area contributed by atoms with Gasteiger partial charge in [-0.25, -0.2) is 13.4 Å². The van der Waals surface area contributed by atoms with E-state index in [0.29, 0.717) is 42.3 Å². The smallest absolute Gasteiger partial charge is 0.267 e. The fourth-order valence-corrected chi connectivity index (χ4v) is 6.63. The van der Waals surface area contributed by atoms with Crippen LogP contribution in [0.5, 0.6) is 0 Å². The number of amides is 1. The number of anilines is 1. The molecular formula is C20H24N4O4S2. The van der Waals surface area contributed by atoms with Gasteiger partial charge in [0.2, 0.25) is 10.0 Å². The summed E-state index contributed by atoms with van der Waals surface area (Å²) >= 11 is 1.48. The highest BCUT2D eigenvalue weighted by Gasteiger charge is 2.31. The molecule has 1 aromatic heterocycles. The molecule has 3 heterocycles. The quantitative estimate of drug-likeness (QED) is 0.720. The number of fused-ring (bicyclic) bond motifs is 1. The average molecular weight is 449 g/mol. The molecule has 1 saturated heterocycles. The molecule has 1 fully saturated rings.